The van der Waals surface area contributed by atoms with Crippen LogP contribution < -0.4 is 0 Å². The molecule has 0 bridgehead atoms. The summed E-state index contributed by atoms with van der Waals surface area (Å²) in [5.41, 5.74) is 0. The van der Waals surface area contributed by atoms with Gasteiger partial charge in [0.05, 0.1) is 0 Å². The Kier molecular flexibility index (Phi) is 51.2. The maximum absolute atomic E-state index is 12.8. The predicted molar refractivity (Wildman–Crippen MR) is 270 cm³/mol. The molecule has 0 N–H and O–H groups in total. The van der Waals surface area contributed by atoms with Gasteiger partial charge in [0.25, 0.3) is 0 Å². The molecule has 6 heteroatoms. The van der Waals surface area contributed by atoms with Crippen LogP contribution in [0.5, 0.6) is 0 Å². The Morgan fingerprint density at radius 3 is 0.794 bits per heavy atom. The molecule has 0 aliphatic heterocycles. The zero-order valence-corrected chi connectivity index (χ0v) is 42.6. The van der Waals surface area contributed by atoms with Crippen LogP contribution in [0.4, 0.5) is 0 Å². The van der Waals surface area contributed by atoms with Crippen LogP contribution in [0.2, 0.25) is 0 Å². The van der Waals surface area contributed by atoms with E-state index in [1.54, 1.807) is 0 Å². The number of carbonyl (C=O) groups is 3. The SMILES string of the molecule is CCCCCCCC/C=C\CCCCCCCC(=O)O[C@@H](COC(=O)CCCCCCCCCCCCCCC)COC(=O)CCCCCCCCCCCCCCCCCCC. The summed E-state index contributed by atoms with van der Waals surface area (Å²) in [7, 11) is 0. The Morgan fingerprint density at radius 1 is 0.302 bits per heavy atom. The van der Waals surface area contributed by atoms with Crippen LogP contribution in [0, 0.1) is 0 Å². The number of rotatable bonds is 52. The quantitative estimate of drug-likeness (QED) is 0.0262. The van der Waals surface area contributed by atoms with Crippen molar-refractivity contribution < 1.29 is 28.6 Å². The van der Waals surface area contributed by atoms with E-state index in [9.17, 15) is 14.4 Å². The van der Waals surface area contributed by atoms with Gasteiger partial charge in [-0.1, -0.05) is 264 Å². The van der Waals surface area contributed by atoms with Crippen LogP contribution in [-0.4, -0.2) is 37.2 Å². The van der Waals surface area contributed by atoms with Crippen LogP contribution in [-0.2, 0) is 28.6 Å². The van der Waals surface area contributed by atoms with E-state index < -0.39 is 6.10 Å². The average molecular weight is 889 g/mol. The minimum absolute atomic E-state index is 0.0675. The number of carbonyl (C=O) groups excluding carboxylic acids is 3. The smallest absolute Gasteiger partial charge is 0.306 e. The van der Waals surface area contributed by atoms with Crippen molar-refractivity contribution >= 4 is 17.9 Å². The summed E-state index contributed by atoms with van der Waals surface area (Å²) in [6.45, 7) is 6.68. The first-order chi connectivity index (χ1) is 31.0. The summed E-state index contributed by atoms with van der Waals surface area (Å²) >= 11 is 0. The van der Waals surface area contributed by atoms with Gasteiger partial charge in [-0.15, -0.1) is 0 Å². The van der Waals surface area contributed by atoms with Gasteiger partial charge in [-0.2, -0.15) is 0 Å². The van der Waals surface area contributed by atoms with Crippen molar-refractivity contribution in [2.45, 2.75) is 322 Å². The Labute approximate surface area is 392 Å². The zero-order chi connectivity index (χ0) is 45.8. The van der Waals surface area contributed by atoms with Gasteiger partial charge in [-0.25, -0.2) is 0 Å². The van der Waals surface area contributed by atoms with Crippen molar-refractivity contribution in [3.05, 3.63) is 12.2 Å². The third kappa shape index (κ3) is 51.0. The maximum atomic E-state index is 12.8. The predicted octanol–water partition coefficient (Wildman–Crippen LogP) is 18.5. The molecule has 6 nitrogen and oxygen atoms in total. The standard InChI is InChI=1S/C57H108O6/c1-4-7-10-13-16-19-22-25-27-28-30-32-35-38-41-44-47-50-56(59)62-53-54(52-61-55(58)49-46-43-40-37-34-31-24-21-18-15-12-9-6-3)63-57(60)51-48-45-42-39-36-33-29-26-23-20-17-14-11-8-5-2/h26,29,54H,4-25,27-28,30-53H2,1-3H3/b29-26-/t54-/m0/s1. The fourth-order valence-electron chi connectivity index (χ4n) is 8.50. The lowest BCUT2D eigenvalue weighted by Gasteiger charge is -2.18. The van der Waals surface area contributed by atoms with Gasteiger partial charge in [0, 0.05) is 19.3 Å². The normalized spacial score (nSPS) is 12.0. The minimum atomic E-state index is -0.768. The molecule has 0 aromatic carbocycles. The number of unbranched alkanes of at least 4 members (excludes halogenated alkanes) is 39. The van der Waals surface area contributed by atoms with E-state index in [0.29, 0.717) is 19.3 Å². The van der Waals surface area contributed by atoms with Crippen molar-refractivity contribution in [1.29, 1.82) is 0 Å². The monoisotopic (exact) mass is 889 g/mol. The average Bonchev–Trinajstić information content (AvgIpc) is 3.28. The molecule has 63 heavy (non-hydrogen) atoms. The van der Waals surface area contributed by atoms with Crippen molar-refractivity contribution in [3.8, 4) is 0 Å². The number of allylic oxidation sites excluding steroid dienone is 2. The van der Waals surface area contributed by atoms with E-state index in [1.165, 1.54) is 212 Å². The van der Waals surface area contributed by atoms with E-state index in [4.69, 9.17) is 14.2 Å². The first-order valence-corrected chi connectivity index (χ1v) is 28.2. The molecule has 0 amide bonds. The van der Waals surface area contributed by atoms with Gasteiger partial charge < -0.3 is 14.2 Å². The largest absolute Gasteiger partial charge is 0.462 e. The molecule has 0 aromatic rings. The third-order valence-corrected chi connectivity index (χ3v) is 12.8. The fraction of sp³-hybridized carbons (Fsp3) is 0.912. The molecule has 372 valence electrons. The van der Waals surface area contributed by atoms with E-state index >= 15 is 0 Å². The van der Waals surface area contributed by atoms with Crippen molar-refractivity contribution in [2.75, 3.05) is 13.2 Å². The van der Waals surface area contributed by atoms with E-state index in [1.807, 2.05) is 0 Å². The Balaban J connectivity index is 4.31. The van der Waals surface area contributed by atoms with Gasteiger partial charge >= 0.3 is 17.9 Å². The molecule has 0 fully saturated rings. The van der Waals surface area contributed by atoms with Crippen LogP contribution in [0.25, 0.3) is 0 Å². The lowest BCUT2D eigenvalue weighted by atomic mass is 10.0. The molecule has 0 rings (SSSR count). The number of hydrogen-bond donors (Lipinski definition) is 0. The molecule has 0 spiro atoms. The summed E-state index contributed by atoms with van der Waals surface area (Å²) < 4.78 is 16.9. The molecular formula is C57H108O6. The fourth-order valence-corrected chi connectivity index (χ4v) is 8.50. The first kappa shape index (κ1) is 61.1. The van der Waals surface area contributed by atoms with Crippen molar-refractivity contribution in [2.24, 2.45) is 0 Å². The molecule has 0 aromatic heterocycles. The first-order valence-electron chi connectivity index (χ1n) is 28.2. The second kappa shape index (κ2) is 52.8. The molecule has 1 atom stereocenters. The minimum Gasteiger partial charge on any atom is -0.462 e. The van der Waals surface area contributed by atoms with E-state index in [-0.39, 0.29) is 31.1 Å². The number of ether oxygens (including phenoxy) is 3. The summed E-state index contributed by atoms with van der Waals surface area (Å²) in [5.74, 6) is -0.854. The summed E-state index contributed by atoms with van der Waals surface area (Å²) in [6, 6.07) is 0. The molecular weight excluding hydrogens is 781 g/mol. The topological polar surface area (TPSA) is 78.9 Å². The highest BCUT2D eigenvalue weighted by atomic mass is 16.6. The Morgan fingerprint density at radius 2 is 0.524 bits per heavy atom. The lowest BCUT2D eigenvalue weighted by molar-refractivity contribution is -0.167. The highest BCUT2D eigenvalue weighted by molar-refractivity contribution is 5.71. The maximum Gasteiger partial charge on any atom is 0.306 e. The second-order valence-electron chi connectivity index (χ2n) is 19.2. The lowest BCUT2D eigenvalue weighted by Crippen LogP contribution is -2.30. The highest BCUT2D eigenvalue weighted by Crippen LogP contribution is 2.17. The van der Waals surface area contributed by atoms with E-state index in [2.05, 4.69) is 32.9 Å². The van der Waals surface area contributed by atoms with Crippen LogP contribution >= 0.6 is 0 Å². The highest BCUT2D eigenvalue weighted by Gasteiger charge is 2.19. The van der Waals surface area contributed by atoms with Crippen molar-refractivity contribution in [3.63, 3.8) is 0 Å². The zero-order valence-electron chi connectivity index (χ0n) is 42.6. The molecule has 0 saturated heterocycles. The molecule has 0 unspecified atom stereocenters. The Hall–Kier alpha value is -1.85. The molecule has 0 heterocycles. The Bertz CT molecular complexity index is 978. The molecule has 0 radical (unpaired) electrons. The van der Waals surface area contributed by atoms with E-state index in [0.717, 1.165) is 64.2 Å². The van der Waals surface area contributed by atoms with Crippen LogP contribution in [0.1, 0.15) is 316 Å². The molecule has 0 aliphatic rings. The van der Waals surface area contributed by atoms with Gasteiger partial charge in [0.2, 0.25) is 0 Å². The van der Waals surface area contributed by atoms with Crippen LogP contribution in [0.3, 0.4) is 0 Å². The van der Waals surface area contributed by atoms with Gasteiger partial charge in [-0.3, -0.25) is 14.4 Å². The number of esters is 3. The van der Waals surface area contributed by atoms with Gasteiger partial charge in [0.1, 0.15) is 13.2 Å². The van der Waals surface area contributed by atoms with Crippen molar-refractivity contribution in [1.82, 2.24) is 0 Å². The summed E-state index contributed by atoms with van der Waals surface area (Å²) in [6.07, 6.45) is 59.1. The van der Waals surface area contributed by atoms with Crippen LogP contribution in [0.15, 0.2) is 12.2 Å². The number of hydrogen-bond acceptors (Lipinski definition) is 6. The third-order valence-electron chi connectivity index (χ3n) is 12.8. The summed E-state index contributed by atoms with van der Waals surface area (Å²) in [4.78, 5) is 38.1. The second-order valence-corrected chi connectivity index (χ2v) is 19.2. The van der Waals surface area contributed by atoms with Gasteiger partial charge in [-0.05, 0) is 44.9 Å². The summed E-state index contributed by atoms with van der Waals surface area (Å²) in [5, 5.41) is 0. The molecule has 0 aliphatic carbocycles. The molecule has 0 saturated carbocycles. The van der Waals surface area contributed by atoms with Gasteiger partial charge in [0.15, 0.2) is 6.10 Å².